The molecule has 0 spiro atoms. The van der Waals surface area contributed by atoms with Gasteiger partial charge in [-0.2, -0.15) is 0 Å². The van der Waals surface area contributed by atoms with Crippen molar-refractivity contribution in [3.63, 3.8) is 0 Å². The number of anilines is 3. The van der Waals surface area contributed by atoms with Crippen LogP contribution < -0.4 is 19.3 Å². The van der Waals surface area contributed by atoms with E-state index < -0.39 is 0 Å². The van der Waals surface area contributed by atoms with Gasteiger partial charge in [-0.25, -0.2) is 0 Å². The molecule has 0 aliphatic carbocycles. The summed E-state index contributed by atoms with van der Waals surface area (Å²) in [7, 11) is 3.83. The lowest BCUT2D eigenvalue weighted by atomic mass is 10.1. The van der Waals surface area contributed by atoms with Crippen molar-refractivity contribution in [3.8, 4) is 17.4 Å². The van der Waals surface area contributed by atoms with E-state index in [0.717, 1.165) is 60.4 Å². The van der Waals surface area contributed by atoms with Crippen LogP contribution >= 0.6 is 0 Å². The molecule has 1 fully saturated rings. The number of piperazine rings is 1. The molecular weight excluding hydrogens is 378 g/mol. The molecule has 0 unspecified atom stereocenters. The number of fused-ring (bicyclic) bond motifs is 2. The van der Waals surface area contributed by atoms with E-state index in [0.29, 0.717) is 12.4 Å². The fourth-order valence-electron chi connectivity index (χ4n) is 3.90. The quantitative estimate of drug-likeness (QED) is 0.661. The van der Waals surface area contributed by atoms with Gasteiger partial charge in [0.2, 0.25) is 0 Å². The van der Waals surface area contributed by atoms with Gasteiger partial charge < -0.3 is 24.2 Å². The minimum Gasteiger partial charge on any atom is -0.497 e. The minimum atomic E-state index is 0.522. The van der Waals surface area contributed by atoms with Crippen molar-refractivity contribution in [1.82, 2.24) is 15.1 Å². The second-order valence-electron chi connectivity index (χ2n) is 7.68. The van der Waals surface area contributed by atoms with E-state index in [9.17, 15) is 0 Å². The molecule has 1 aromatic heterocycles. The Hall–Kier alpha value is -3.32. The highest BCUT2D eigenvalue weighted by atomic mass is 16.5. The first-order valence-corrected chi connectivity index (χ1v) is 10.2. The third-order valence-corrected chi connectivity index (χ3v) is 5.74. The van der Waals surface area contributed by atoms with Crippen molar-refractivity contribution in [3.05, 3.63) is 60.2 Å². The number of hydrogen-bond donors (Lipinski definition) is 0. The molecule has 3 heterocycles. The smallest absolute Gasteiger partial charge is 0.263 e. The van der Waals surface area contributed by atoms with Gasteiger partial charge in [-0.15, -0.1) is 10.2 Å². The van der Waals surface area contributed by atoms with Gasteiger partial charge in [-0.1, -0.05) is 18.2 Å². The van der Waals surface area contributed by atoms with Crippen LogP contribution in [0, 0.1) is 0 Å². The first kappa shape index (κ1) is 18.7. The largest absolute Gasteiger partial charge is 0.497 e. The Balaban J connectivity index is 1.57. The van der Waals surface area contributed by atoms with Crippen LogP contribution in [-0.4, -0.2) is 55.4 Å². The van der Waals surface area contributed by atoms with E-state index in [-0.39, 0.29) is 0 Å². The van der Waals surface area contributed by atoms with Gasteiger partial charge >= 0.3 is 0 Å². The van der Waals surface area contributed by atoms with Crippen LogP contribution in [-0.2, 0) is 6.54 Å². The number of benzene rings is 2. The van der Waals surface area contributed by atoms with Crippen LogP contribution in [0.2, 0.25) is 0 Å². The molecule has 5 rings (SSSR count). The Morgan fingerprint density at radius 1 is 0.933 bits per heavy atom. The summed E-state index contributed by atoms with van der Waals surface area (Å²) in [5, 5.41) is 8.98. The van der Waals surface area contributed by atoms with E-state index in [1.807, 2.05) is 30.3 Å². The standard InChI is InChI=1S/C23H25N5O2/c1-26-11-13-27(14-12-26)22-15-20-23(25-24-22)30-21-6-4-3-5-17(21)16-28(20)18-7-9-19(29-2)10-8-18/h3-10,15H,11-14,16H2,1-2H3. The Bertz CT molecular complexity index is 1030. The van der Waals surface area contributed by atoms with Crippen LogP contribution in [0.4, 0.5) is 17.2 Å². The Morgan fingerprint density at radius 2 is 1.70 bits per heavy atom. The van der Waals surface area contributed by atoms with Crippen LogP contribution in [0.3, 0.4) is 0 Å². The summed E-state index contributed by atoms with van der Waals surface area (Å²) in [6, 6.07) is 18.3. The maximum Gasteiger partial charge on any atom is 0.263 e. The molecule has 0 radical (unpaired) electrons. The van der Waals surface area contributed by atoms with Gasteiger partial charge in [0.15, 0.2) is 5.82 Å². The molecule has 3 aromatic rings. The van der Waals surface area contributed by atoms with Crippen molar-refractivity contribution >= 4 is 17.2 Å². The zero-order chi connectivity index (χ0) is 20.5. The Kier molecular flexibility index (Phi) is 4.88. The minimum absolute atomic E-state index is 0.522. The summed E-state index contributed by atoms with van der Waals surface area (Å²) in [4.78, 5) is 6.85. The molecule has 2 aromatic carbocycles. The number of aromatic nitrogens is 2. The molecule has 0 N–H and O–H groups in total. The van der Waals surface area contributed by atoms with E-state index >= 15 is 0 Å². The first-order valence-electron chi connectivity index (χ1n) is 10.2. The summed E-state index contributed by atoms with van der Waals surface area (Å²) in [5.41, 5.74) is 3.07. The molecule has 7 heteroatoms. The summed E-state index contributed by atoms with van der Waals surface area (Å²) in [5.74, 6) is 3.05. The average Bonchev–Trinajstić information content (AvgIpc) is 2.96. The summed E-state index contributed by atoms with van der Waals surface area (Å²) < 4.78 is 11.5. The second kappa shape index (κ2) is 7.84. The number of para-hydroxylation sites is 1. The van der Waals surface area contributed by atoms with Crippen LogP contribution in [0.5, 0.6) is 17.4 Å². The first-order chi connectivity index (χ1) is 14.7. The highest BCUT2D eigenvalue weighted by Gasteiger charge is 2.26. The Labute approximate surface area is 176 Å². The zero-order valence-electron chi connectivity index (χ0n) is 17.3. The van der Waals surface area contributed by atoms with Gasteiger partial charge in [0.05, 0.1) is 13.7 Å². The molecule has 1 saturated heterocycles. The molecular formula is C23H25N5O2. The highest BCUT2D eigenvalue weighted by Crippen LogP contribution is 2.42. The topological polar surface area (TPSA) is 54.0 Å². The third kappa shape index (κ3) is 3.52. The lowest BCUT2D eigenvalue weighted by molar-refractivity contribution is 0.311. The van der Waals surface area contributed by atoms with E-state index in [1.165, 1.54) is 0 Å². The lowest BCUT2D eigenvalue weighted by Crippen LogP contribution is -2.44. The molecule has 0 amide bonds. The van der Waals surface area contributed by atoms with Crippen LogP contribution in [0.25, 0.3) is 0 Å². The van der Waals surface area contributed by atoms with Gasteiger partial charge in [0, 0.05) is 43.5 Å². The number of nitrogens with zero attached hydrogens (tertiary/aromatic N) is 5. The summed E-state index contributed by atoms with van der Waals surface area (Å²) in [6.45, 7) is 4.59. The second-order valence-corrected chi connectivity index (χ2v) is 7.68. The van der Waals surface area contributed by atoms with Crippen molar-refractivity contribution in [1.29, 1.82) is 0 Å². The number of rotatable bonds is 3. The molecule has 2 aliphatic heterocycles. The van der Waals surface area contributed by atoms with Crippen molar-refractivity contribution < 1.29 is 9.47 Å². The average molecular weight is 403 g/mol. The molecule has 154 valence electrons. The normalized spacial score (nSPS) is 16.3. The molecule has 0 atom stereocenters. The third-order valence-electron chi connectivity index (χ3n) is 5.74. The number of hydrogen-bond acceptors (Lipinski definition) is 7. The maximum absolute atomic E-state index is 6.19. The maximum atomic E-state index is 6.19. The molecule has 2 aliphatic rings. The fourth-order valence-corrected chi connectivity index (χ4v) is 3.90. The molecule has 7 nitrogen and oxygen atoms in total. The fraction of sp³-hybridized carbons (Fsp3) is 0.304. The van der Waals surface area contributed by atoms with Crippen molar-refractivity contribution in [2.75, 3.05) is 50.1 Å². The van der Waals surface area contributed by atoms with Crippen molar-refractivity contribution in [2.45, 2.75) is 6.54 Å². The van der Waals surface area contributed by atoms with Crippen LogP contribution in [0.15, 0.2) is 54.6 Å². The SMILES string of the molecule is COc1ccc(N2Cc3ccccc3Oc3nnc(N4CCN(C)CC4)cc32)cc1. The monoisotopic (exact) mass is 403 g/mol. The predicted molar refractivity (Wildman–Crippen MR) is 117 cm³/mol. The molecule has 0 saturated carbocycles. The van der Waals surface area contributed by atoms with Crippen LogP contribution in [0.1, 0.15) is 5.56 Å². The number of methoxy groups -OCH3 is 1. The summed E-state index contributed by atoms with van der Waals surface area (Å²) >= 11 is 0. The van der Waals surface area contributed by atoms with Crippen molar-refractivity contribution in [2.24, 2.45) is 0 Å². The van der Waals surface area contributed by atoms with E-state index in [4.69, 9.17) is 9.47 Å². The zero-order valence-corrected chi connectivity index (χ0v) is 17.3. The van der Waals surface area contributed by atoms with Gasteiger partial charge in [-0.05, 0) is 37.4 Å². The highest BCUT2D eigenvalue weighted by molar-refractivity contribution is 5.72. The molecule has 0 bridgehead atoms. The number of ether oxygens (including phenoxy) is 2. The van der Waals surface area contributed by atoms with Gasteiger partial charge in [0.1, 0.15) is 17.2 Å². The lowest BCUT2D eigenvalue weighted by Gasteiger charge is -2.33. The predicted octanol–water partition coefficient (Wildman–Crippen LogP) is 3.68. The number of likely N-dealkylation sites (N-methyl/N-ethyl adjacent to an activating group) is 1. The Morgan fingerprint density at radius 3 is 2.47 bits per heavy atom. The van der Waals surface area contributed by atoms with Gasteiger partial charge in [0.25, 0.3) is 5.88 Å². The van der Waals surface area contributed by atoms with E-state index in [2.05, 4.69) is 56.2 Å². The van der Waals surface area contributed by atoms with Gasteiger partial charge in [-0.3, -0.25) is 0 Å². The molecule has 30 heavy (non-hydrogen) atoms. The van der Waals surface area contributed by atoms with E-state index in [1.54, 1.807) is 7.11 Å². The summed E-state index contributed by atoms with van der Waals surface area (Å²) in [6.07, 6.45) is 0.